The molecule has 1 atom stereocenters. The van der Waals surface area contributed by atoms with Gasteiger partial charge in [-0.25, -0.2) is 0 Å². The topological polar surface area (TPSA) is 74.4 Å². The Morgan fingerprint density at radius 3 is 2.94 bits per heavy atom. The first-order valence-corrected chi connectivity index (χ1v) is 6.31. The van der Waals surface area contributed by atoms with E-state index < -0.39 is 0 Å². The highest BCUT2D eigenvalue weighted by Gasteiger charge is 2.32. The number of aromatic nitrogens is 3. The summed E-state index contributed by atoms with van der Waals surface area (Å²) < 4.78 is 5.35. The Hall–Kier alpha value is -1.47. The molecule has 0 spiro atoms. The highest BCUT2D eigenvalue weighted by atomic mass is 16.5. The van der Waals surface area contributed by atoms with Crippen molar-refractivity contribution in [2.45, 2.75) is 12.5 Å². The average Bonchev–Trinajstić information content (AvgIpc) is 3.10. The molecular formula is C11H17N5O2. The van der Waals surface area contributed by atoms with Crippen LogP contribution in [0, 0.1) is 0 Å². The van der Waals surface area contributed by atoms with E-state index in [2.05, 4.69) is 20.3 Å². The minimum absolute atomic E-state index is 0.0282. The molecule has 1 amide bonds. The summed E-state index contributed by atoms with van der Waals surface area (Å²) in [6.45, 7) is 5.12. The summed E-state index contributed by atoms with van der Waals surface area (Å²) in [5.41, 5.74) is 0.401. The third-order valence-electron chi connectivity index (χ3n) is 3.65. The van der Waals surface area contributed by atoms with Crippen LogP contribution in [0.3, 0.4) is 0 Å². The number of hydrogen-bond donors (Lipinski definition) is 1. The molecule has 3 rings (SSSR count). The first-order valence-electron chi connectivity index (χ1n) is 6.31. The number of likely N-dealkylation sites (tertiary alicyclic amines) is 1. The normalized spacial score (nSPS) is 25.6. The van der Waals surface area contributed by atoms with Gasteiger partial charge in [0, 0.05) is 32.2 Å². The fraction of sp³-hybridized carbons (Fsp3) is 0.727. The summed E-state index contributed by atoms with van der Waals surface area (Å²) in [5, 5.41) is 9.98. The molecule has 18 heavy (non-hydrogen) atoms. The van der Waals surface area contributed by atoms with Crippen molar-refractivity contribution in [1.82, 2.24) is 25.2 Å². The summed E-state index contributed by atoms with van der Waals surface area (Å²) in [7, 11) is 0. The third kappa shape index (κ3) is 2.23. The fourth-order valence-corrected chi connectivity index (χ4v) is 2.63. The second-order valence-electron chi connectivity index (χ2n) is 4.70. The summed E-state index contributed by atoms with van der Waals surface area (Å²) >= 11 is 0. The predicted octanol–water partition coefficient (Wildman–Crippen LogP) is -0.649. The second-order valence-corrected chi connectivity index (χ2v) is 4.70. The zero-order valence-electron chi connectivity index (χ0n) is 10.2. The molecule has 2 aliphatic heterocycles. The summed E-state index contributed by atoms with van der Waals surface area (Å²) in [5.74, 6) is -0.0282. The number of carbonyl (C=O) groups excluding carboxylic acids is 1. The van der Waals surface area contributed by atoms with Gasteiger partial charge in [0.25, 0.3) is 5.91 Å². The number of nitrogens with zero attached hydrogens (tertiary/aromatic N) is 4. The second kappa shape index (κ2) is 5.03. The highest BCUT2D eigenvalue weighted by molar-refractivity contribution is 5.92. The first-order chi connectivity index (χ1) is 8.84. The van der Waals surface area contributed by atoms with E-state index >= 15 is 0 Å². The van der Waals surface area contributed by atoms with Gasteiger partial charge < -0.3 is 9.64 Å². The number of hydrogen-bond acceptors (Lipinski definition) is 5. The van der Waals surface area contributed by atoms with E-state index in [0.29, 0.717) is 11.7 Å². The van der Waals surface area contributed by atoms with Gasteiger partial charge in [0.15, 0.2) is 5.69 Å². The Labute approximate surface area is 105 Å². The Morgan fingerprint density at radius 2 is 2.22 bits per heavy atom. The number of morpholine rings is 1. The maximum atomic E-state index is 12.1. The van der Waals surface area contributed by atoms with Gasteiger partial charge in [-0.05, 0) is 6.42 Å². The van der Waals surface area contributed by atoms with E-state index in [1.807, 2.05) is 4.90 Å². The van der Waals surface area contributed by atoms with Gasteiger partial charge in [0.2, 0.25) is 0 Å². The maximum absolute atomic E-state index is 12.1. The van der Waals surface area contributed by atoms with Crippen LogP contribution in [0.2, 0.25) is 0 Å². The lowest BCUT2D eigenvalue weighted by Crippen LogP contribution is -2.45. The van der Waals surface area contributed by atoms with Crippen LogP contribution >= 0.6 is 0 Å². The lowest BCUT2D eigenvalue weighted by atomic mass is 10.2. The molecule has 0 saturated carbocycles. The predicted molar refractivity (Wildman–Crippen MR) is 63.1 cm³/mol. The van der Waals surface area contributed by atoms with E-state index in [-0.39, 0.29) is 5.91 Å². The minimum atomic E-state index is -0.0282. The lowest BCUT2D eigenvalue weighted by molar-refractivity contribution is 0.0185. The SMILES string of the molecule is O=C(c1cn[nH]n1)N1CCC(N2CCOCC2)C1. The van der Waals surface area contributed by atoms with Gasteiger partial charge in [0.05, 0.1) is 19.4 Å². The standard InChI is InChI=1S/C11H17N5O2/c17-11(10-7-12-14-13-10)16-2-1-9(8-16)15-3-5-18-6-4-15/h7,9H,1-6,8H2,(H,12,13,14). The minimum Gasteiger partial charge on any atom is -0.379 e. The fourth-order valence-electron chi connectivity index (χ4n) is 2.63. The number of H-pyrrole nitrogens is 1. The van der Waals surface area contributed by atoms with Gasteiger partial charge in [0.1, 0.15) is 0 Å². The Kier molecular flexibility index (Phi) is 3.24. The molecule has 0 aromatic carbocycles. The highest BCUT2D eigenvalue weighted by Crippen LogP contribution is 2.18. The molecule has 0 radical (unpaired) electrons. The zero-order chi connectivity index (χ0) is 12.4. The number of nitrogens with one attached hydrogen (secondary N) is 1. The van der Waals surface area contributed by atoms with Crippen molar-refractivity contribution in [2.75, 3.05) is 39.4 Å². The van der Waals surface area contributed by atoms with Crippen LogP contribution in [0.15, 0.2) is 6.20 Å². The quantitative estimate of drug-likeness (QED) is 0.756. The van der Waals surface area contributed by atoms with E-state index in [0.717, 1.165) is 45.8 Å². The smallest absolute Gasteiger partial charge is 0.276 e. The molecule has 1 aromatic heterocycles. The van der Waals surface area contributed by atoms with Crippen molar-refractivity contribution >= 4 is 5.91 Å². The average molecular weight is 251 g/mol. The maximum Gasteiger partial charge on any atom is 0.276 e. The van der Waals surface area contributed by atoms with E-state index in [1.165, 1.54) is 6.20 Å². The molecule has 2 aliphatic rings. The zero-order valence-corrected chi connectivity index (χ0v) is 10.2. The van der Waals surface area contributed by atoms with Crippen LogP contribution in [0.5, 0.6) is 0 Å². The van der Waals surface area contributed by atoms with Crippen LogP contribution in [0.4, 0.5) is 0 Å². The van der Waals surface area contributed by atoms with Crippen molar-refractivity contribution in [3.63, 3.8) is 0 Å². The van der Waals surface area contributed by atoms with E-state index in [4.69, 9.17) is 4.74 Å². The van der Waals surface area contributed by atoms with Crippen LogP contribution in [-0.4, -0.2) is 76.6 Å². The molecule has 2 saturated heterocycles. The summed E-state index contributed by atoms with van der Waals surface area (Å²) in [6, 6.07) is 0.463. The van der Waals surface area contributed by atoms with Gasteiger partial charge in [-0.3, -0.25) is 9.69 Å². The van der Waals surface area contributed by atoms with Crippen LogP contribution in [0.1, 0.15) is 16.9 Å². The first kappa shape index (κ1) is 11.6. The molecule has 1 unspecified atom stereocenters. The Bertz CT molecular complexity index is 402. The molecule has 1 N–H and O–H groups in total. The number of ether oxygens (including phenoxy) is 1. The molecule has 7 heteroatoms. The Morgan fingerprint density at radius 1 is 1.39 bits per heavy atom. The van der Waals surface area contributed by atoms with Crippen LogP contribution in [-0.2, 0) is 4.74 Å². The number of aromatic amines is 1. The molecule has 1 aromatic rings. The monoisotopic (exact) mass is 251 g/mol. The van der Waals surface area contributed by atoms with Crippen molar-refractivity contribution in [2.24, 2.45) is 0 Å². The van der Waals surface area contributed by atoms with Crippen molar-refractivity contribution in [3.8, 4) is 0 Å². The van der Waals surface area contributed by atoms with Gasteiger partial charge in [-0.2, -0.15) is 15.4 Å². The third-order valence-corrected chi connectivity index (χ3v) is 3.65. The Balaban J connectivity index is 1.59. The largest absolute Gasteiger partial charge is 0.379 e. The van der Waals surface area contributed by atoms with E-state index in [9.17, 15) is 4.79 Å². The molecule has 0 bridgehead atoms. The van der Waals surface area contributed by atoms with Gasteiger partial charge >= 0.3 is 0 Å². The van der Waals surface area contributed by atoms with Crippen molar-refractivity contribution in [1.29, 1.82) is 0 Å². The molecule has 7 nitrogen and oxygen atoms in total. The number of rotatable bonds is 2. The van der Waals surface area contributed by atoms with Crippen molar-refractivity contribution in [3.05, 3.63) is 11.9 Å². The van der Waals surface area contributed by atoms with Crippen LogP contribution in [0.25, 0.3) is 0 Å². The van der Waals surface area contributed by atoms with Gasteiger partial charge in [-0.15, -0.1) is 0 Å². The molecule has 0 aliphatic carbocycles. The number of carbonyl (C=O) groups is 1. The van der Waals surface area contributed by atoms with Crippen molar-refractivity contribution < 1.29 is 9.53 Å². The van der Waals surface area contributed by atoms with Crippen LogP contribution < -0.4 is 0 Å². The summed E-state index contributed by atoms with van der Waals surface area (Å²) in [6.07, 6.45) is 2.51. The molecular weight excluding hydrogens is 234 g/mol. The molecule has 3 heterocycles. The summed E-state index contributed by atoms with van der Waals surface area (Å²) in [4.78, 5) is 16.4. The molecule has 2 fully saturated rings. The van der Waals surface area contributed by atoms with E-state index in [1.54, 1.807) is 0 Å². The van der Waals surface area contributed by atoms with Gasteiger partial charge in [-0.1, -0.05) is 0 Å². The molecule has 98 valence electrons. The lowest BCUT2D eigenvalue weighted by Gasteiger charge is -2.31. The number of amides is 1.